The van der Waals surface area contributed by atoms with Gasteiger partial charge in [0.2, 0.25) is 0 Å². The van der Waals surface area contributed by atoms with E-state index < -0.39 is 5.97 Å². The van der Waals surface area contributed by atoms with Crippen LogP contribution in [0.3, 0.4) is 0 Å². The highest BCUT2D eigenvalue weighted by Crippen LogP contribution is 2.21. The summed E-state index contributed by atoms with van der Waals surface area (Å²) in [5, 5.41) is 16.0. The number of nitrogens with zero attached hydrogens (tertiary/aromatic N) is 2. The number of hydrogen-bond acceptors (Lipinski definition) is 3. The van der Waals surface area contributed by atoms with Gasteiger partial charge in [-0.05, 0) is 55.5 Å². The maximum atomic E-state index is 10.9. The molecule has 0 saturated carbocycles. The van der Waals surface area contributed by atoms with E-state index in [4.69, 9.17) is 5.11 Å². The van der Waals surface area contributed by atoms with Gasteiger partial charge in [0, 0.05) is 25.0 Å². The fraction of sp³-hybridized carbons (Fsp3) is 0.412. The van der Waals surface area contributed by atoms with Crippen LogP contribution in [0, 0.1) is 5.92 Å². The predicted octanol–water partition coefficient (Wildman–Crippen LogP) is 2.56. The lowest BCUT2D eigenvalue weighted by atomic mass is 9.93. The number of aromatic amines is 1. The Bertz CT molecular complexity index is 607. The first-order valence-corrected chi connectivity index (χ1v) is 7.73. The van der Waals surface area contributed by atoms with Gasteiger partial charge in [-0.3, -0.25) is 10.00 Å². The molecule has 0 bridgehead atoms. The van der Waals surface area contributed by atoms with Crippen molar-refractivity contribution in [2.75, 3.05) is 13.1 Å². The molecule has 3 rings (SSSR count). The number of aromatic carboxylic acids is 1. The maximum Gasteiger partial charge on any atom is 0.335 e. The fourth-order valence-electron chi connectivity index (χ4n) is 3.18. The number of carboxylic acid groups (broad SMARTS) is 1. The Morgan fingerprint density at radius 3 is 2.82 bits per heavy atom. The number of aromatic nitrogens is 2. The van der Waals surface area contributed by atoms with Gasteiger partial charge in [-0.25, -0.2) is 4.79 Å². The van der Waals surface area contributed by atoms with E-state index in [1.165, 1.54) is 24.1 Å². The summed E-state index contributed by atoms with van der Waals surface area (Å²) >= 11 is 0. The topological polar surface area (TPSA) is 69.2 Å². The molecule has 5 heteroatoms. The van der Waals surface area contributed by atoms with Gasteiger partial charge in [0.1, 0.15) is 0 Å². The zero-order valence-corrected chi connectivity index (χ0v) is 12.5. The van der Waals surface area contributed by atoms with Crippen molar-refractivity contribution in [2.24, 2.45) is 5.92 Å². The van der Waals surface area contributed by atoms with Crippen LogP contribution in [-0.2, 0) is 13.0 Å². The molecule has 1 aromatic carbocycles. The second kappa shape index (κ2) is 6.75. The molecule has 116 valence electrons. The molecule has 0 spiro atoms. The molecule has 0 amide bonds. The van der Waals surface area contributed by atoms with Crippen molar-refractivity contribution < 1.29 is 9.90 Å². The van der Waals surface area contributed by atoms with E-state index in [1.807, 2.05) is 18.2 Å². The number of benzene rings is 1. The highest BCUT2D eigenvalue weighted by atomic mass is 16.4. The predicted molar refractivity (Wildman–Crippen MR) is 83.7 cm³/mol. The number of likely N-dealkylation sites (tertiary alicyclic amines) is 1. The van der Waals surface area contributed by atoms with Crippen molar-refractivity contribution in [1.82, 2.24) is 15.1 Å². The summed E-state index contributed by atoms with van der Waals surface area (Å²) < 4.78 is 0. The molecule has 2 heterocycles. The number of hydrogen-bond donors (Lipinski definition) is 2. The summed E-state index contributed by atoms with van der Waals surface area (Å²) in [5.41, 5.74) is 2.73. The molecule has 22 heavy (non-hydrogen) atoms. The number of carbonyl (C=O) groups is 1. The van der Waals surface area contributed by atoms with Crippen LogP contribution >= 0.6 is 0 Å². The highest BCUT2D eigenvalue weighted by Gasteiger charge is 2.20. The van der Waals surface area contributed by atoms with Crippen molar-refractivity contribution in [1.29, 1.82) is 0 Å². The summed E-state index contributed by atoms with van der Waals surface area (Å²) in [6.07, 6.45) is 5.33. The van der Waals surface area contributed by atoms with Crippen LogP contribution in [0.15, 0.2) is 36.5 Å². The first-order valence-electron chi connectivity index (χ1n) is 7.73. The van der Waals surface area contributed by atoms with Gasteiger partial charge in [0.25, 0.3) is 0 Å². The standard InChI is InChI=1S/C17H21N3O2/c21-17(22)15-5-3-13(4-6-15)11-20-9-1-2-14(12-20)10-16-7-8-18-19-16/h3-8,14H,1-2,9-12H2,(H,18,19)(H,21,22)/t14-/m1/s1. The van der Waals surface area contributed by atoms with Crippen molar-refractivity contribution in [2.45, 2.75) is 25.8 Å². The minimum absolute atomic E-state index is 0.347. The van der Waals surface area contributed by atoms with Crippen molar-refractivity contribution in [3.63, 3.8) is 0 Å². The Hall–Kier alpha value is -2.14. The summed E-state index contributed by atoms with van der Waals surface area (Å²) in [4.78, 5) is 13.3. The minimum Gasteiger partial charge on any atom is -0.478 e. The fourth-order valence-corrected chi connectivity index (χ4v) is 3.18. The first-order chi connectivity index (χ1) is 10.7. The third kappa shape index (κ3) is 3.74. The van der Waals surface area contributed by atoms with Gasteiger partial charge in [-0.1, -0.05) is 12.1 Å². The molecule has 1 atom stereocenters. The van der Waals surface area contributed by atoms with Crippen LogP contribution < -0.4 is 0 Å². The monoisotopic (exact) mass is 299 g/mol. The SMILES string of the molecule is O=C(O)c1ccc(CN2CCC[C@H](Cc3ccn[nH]3)C2)cc1. The summed E-state index contributed by atoms with van der Waals surface area (Å²) in [6.45, 7) is 3.08. The number of nitrogens with one attached hydrogen (secondary N) is 1. The number of H-pyrrole nitrogens is 1. The molecule has 1 aromatic heterocycles. The molecule has 2 aromatic rings. The lowest BCUT2D eigenvalue weighted by molar-refractivity contribution is 0.0697. The Morgan fingerprint density at radius 1 is 1.32 bits per heavy atom. The maximum absolute atomic E-state index is 10.9. The van der Waals surface area contributed by atoms with E-state index in [2.05, 4.69) is 15.1 Å². The van der Waals surface area contributed by atoms with Gasteiger partial charge < -0.3 is 5.11 Å². The molecule has 1 aliphatic rings. The van der Waals surface area contributed by atoms with Crippen molar-refractivity contribution >= 4 is 5.97 Å². The van der Waals surface area contributed by atoms with Crippen LogP contribution in [0.5, 0.6) is 0 Å². The molecular formula is C17H21N3O2. The second-order valence-corrected chi connectivity index (χ2v) is 6.03. The summed E-state index contributed by atoms with van der Waals surface area (Å²) in [7, 11) is 0. The smallest absolute Gasteiger partial charge is 0.335 e. The van der Waals surface area contributed by atoms with Crippen LogP contribution in [0.25, 0.3) is 0 Å². The van der Waals surface area contributed by atoms with Gasteiger partial charge in [0.15, 0.2) is 0 Å². The first kappa shape index (κ1) is 14.8. The van der Waals surface area contributed by atoms with Crippen LogP contribution in [0.1, 0.15) is 34.5 Å². The molecule has 0 radical (unpaired) electrons. The van der Waals surface area contributed by atoms with Crippen LogP contribution in [-0.4, -0.2) is 39.3 Å². The molecule has 1 aliphatic heterocycles. The van der Waals surface area contributed by atoms with E-state index in [0.29, 0.717) is 11.5 Å². The third-order valence-electron chi connectivity index (χ3n) is 4.28. The van der Waals surface area contributed by atoms with E-state index in [9.17, 15) is 4.79 Å². The molecule has 2 N–H and O–H groups in total. The molecular weight excluding hydrogens is 278 g/mol. The molecule has 5 nitrogen and oxygen atoms in total. The van der Waals surface area contributed by atoms with E-state index >= 15 is 0 Å². The molecule has 1 saturated heterocycles. The Kier molecular flexibility index (Phi) is 4.53. The molecule has 0 aliphatic carbocycles. The normalized spacial score (nSPS) is 19.2. The van der Waals surface area contributed by atoms with Gasteiger partial charge in [-0.15, -0.1) is 0 Å². The molecule has 1 fully saturated rings. The number of carboxylic acids is 1. The highest BCUT2D eigenvalue weighted by molar-refractivity contribution is 5.87. The van der Waals surface area contributed by atoms with Crippen molar-refractivity contribution in [3.8, 4) is 0 Å². The van der Waals surface area contributed by atoms with Gasteiger partial charge in [-0.2, -0.15) is 5.10 Å². The zero-order valence-electron chi connectivity index (χ0n) is 12.5. The summed E-state index contributed by atoms with van der Waals surface area (Å²) in [5.74, 6) is -0.211. The summed E-state index contributed by atoms with van der Waals surface area (Å²) in [6, 6.07) is 9.25. The average molecular weight is 299 g/mol. The quantitative estimate of drug-likeness (QED) is 0.890. The average Bonchev–Trinajstić information content (AvgIpc) is 3.01. The Balaban J connectivity index is 1.56. The lowest BCUT2D eigenvalue weighted by Gasteiger charge is -2.32. The van der Waals surface area contributed by atoms with Crippen molar-refractivity contribution in [3.05, 3.63) is 53.3 Å². The zero-order chi connectivity index (χ0) is 15.4. The van der Waals surface area contributed by atoms with E-state index in [1.54, 1.807) is 18.3 Å². The van der Waals surface area contributed by atoms with Crippen LogP contribution in [0.2, 0.25) is 0 Å². The largest absolute Gasteiger partial charge is 0.478 e. The second-order valence-electron chi connectivity index (χ2n) is 6.03. The van der Waals surface area contributed by atoms with Crippen LogP contribution in [0.4, 0.5) is 0 Å². The Morgan fingerprint density at radius 2 is 2.14 bits per heavy atom. The minimum atomic E-state index is -0.871. The number of piperidine rings is 1. The van der Waals surface area contributed by atoms with E-state index in [0.717, 1.165) is 26.1 Å². The lowest BCUT2D eigenvalue weighted by Crippen LogP contribution is -2.35. The molecule has 0 unspecified atom stereocenters. The van der Waals surface area contributed by atoms with E-state index in [-0.39, 0.29) is 0 Å². The number of rotatable bonds is 5. The van der Waals surface area contributed by atoms with Gasteiger partial charge >= 0.3 is 5.97 Å². The van der Waals surface area contributed by atoms with Gasteiger partial charge in [0.05, 0.1) is 5.56 Å². The Labute approximate surface area is 130 Å². The third-order valence-corrected chi connectivity index (χ3v) is 4.28.